The van der Waals surface area contributed by atoms with Crippen molar-refractivity contribution in [2.45, 2.75) is 26.6 Å². The van der Waals surface area contributed by atoms with E-state index in [0.717, 1.165) is 19.9 Å². The summed E-state index contributed by atoms with van der Waals surface area (Å²) in [5, 5.41) is 11.5. The highest BCUT2D eigenvalue weighted by molar-refractivity contribution is 5.88. The third-order valence-corrected chi connectivity index (χ3v) is 3.02. The molecule has 9 nitrogen and oxygen atoms in total. The molecule has 0 saturated heterocycles. The van der Waals surface area contributed by atoms with Crippen LogP contribution in [0.2, 0.25) is 0 Å². The van der Waals surface area contributed by atoms with Crippen LogP contribution in [0.3, 0.4) is 0 Å². The van der Waals surface area contributed by atoms with Crippen LogP contribution in [0.15, 0.2) is 33.5 Å². The quantitative estimate of drug-likeness (QED) is 0.266. The third-order valence-electron chi connectivity index (χ3n) is 3.02. The summed E-state index contributed by atoms with van der Waals surface area (Å²) in [7, 11) is 0. The average Bonchev–Trinajstić information content (AvgIpc) is 2.45. The minimum atomic E-state index is -1.30. The number of esters is 2. The number of nitro benzene ring substituents is 1. The van der Waals surface area contributed by atoms with Gasteiger partial charge in [-0.15, -0.1) is 0 Å². The van der Waals surface area contributed by atoms with E-state index in [4.69, 9.17) is 13.9 Å². The molecule has 126 valence electrons. The molecule has 0 aliphatic heterocycles. The van der Waals surface area contributed by atoms with Gasteiger partial charge in [0.25, 0.3) is 12.0 Å². The molecule has 2 rings (SSSR count). The van der Waals surface area contributed by atoms with Crippen molar-refractivity contribution in [3.63, 3.8) is 0 Å². The van der Waals surface area contributed by atoms with Gasteiger partial charge in [0.15, 0.2) is 0 Å². The standard InChI is InChI=1S/C15H13NO8/c1-8(17)22-14(23-9(2)18)7-10-3-5-12-11(15(10)16(20)21)4-6-13(19)24-12/h3-6,14H,7H2,1-2H3. The summed E-state index contributed by atoms with van der Waals surface area (Å²) < 4.78 is 14.6. The van der Waals surface area contributed by atoms with Gasteiger partial charge < -0.3 is 13.9 Å². The highest BCUT2D eigenvalue weighted by atomic mass is 16.7. The molecular formula is C15H13NO8. The first-order valence-corrected chi connectivity index (χ1v) is 6.82. The molecule has 0 bridgehead atoms. The molecule has 0 aliphatic carbocycles. The Hall–Kier alpha value is -3.23. The molecule has 24 heavy (non-hydrogen) atoms. The van der Waals surface area contributed by atoms with Gasteiger partial charge >= 0.3 is 17.6 Å². The van der Waals surface area contributed by atoms with E-state index in [1.54, 1.807) is 0 Å². The van der Waals surface area contributed by atoms with Gasteiger partial charge in [-0.1, -0.05) is 0 Å². The Morgan fingerprint density at radius 3 is 2.33 bits per heavy atom. The fraction of sp³-hybridized carbons (Fsp3) is 0.267. The minimum Gasteiger partial charge on any atom is -0.425 e. The van der Waals surface area contributed by atoms with Crippen molar-refractivity contribution < 1.29 is 28.4 Å². The fourth-order valence-corrected chi connectivity index (χ4v) is 2.22. The lowest BCUT2D eigenvalue weighted by molar-refractivity contribution is -0.384. The Morgan fingerprint density at radius 2 is 1.79 bits per heavy atom. The fourth-order valence-electron chi connectivity index (χ4n) is 2.22. The van der Waals surface area contributed by atoms with Gasteiger partial charge in [0, 0.05) is 25.5 Å². The van der Waals surface area contributed by atoms with Crippen LogP contribution in [-0.2, 0) is 25.5 Å². The van der Waals surface area contributed by atoms with Gasteiger partial charge in [0.05, 0.1) is 16.7 Å². The minimum absolute atomic E-state index is 0.0504. The zero-order chi connectivity index (χ0) is 17.9. The maximum Gasteiger partial charge on any atom is 0.336 e. The van der Waals surface area contributed by atoms with Crippen LogP contribution in [0.1, 0.15) is 19.4 Å². The van der Waals surface area contributed by atoms with E-state index in [1.165, 1.54) is 18.2 Å². The SMILES string of the molecule is CC(=O)OC(Cc1ccc2oc(=O)ccc2c1[N+](=O)[O-])OC(C)=O. The van der Waals surface area contributed by atoms with E-state index < -0.39 is 28.8 Å². The highest BCUT2D eigenvalue weighted by Crippen LogP contribution is 2.30. The first-order valence-electron chi connectivity index (χ1n) is 6.82. The molecule has 1 heterocycles. The van der Waals surface area contributed by atoms with Gasteiger partial charge in [0.2, 0.25) is 0 Å². The highest BCUT2D eigenvalue weighted by Gasteiger charge is 2.25. The van der Waals surface area contributed by atoms with Gasteiger partial charge in [-0.3, -0.25) is 19.7 Å². The van der Waals surface area contributed by atoms with Crippen molar-refractivity contribution in [1.82, 2.24) is 0 Å². The van der Waals surface area contributed by atoms with Gasteiger partial charge in [0.1, 0.15) is 5.58 Å². The number of benzene rings is 1. The molecule has 1 aromatic carbocycles. The van der Waals surface area contributed by atoms with Crippen LogP contribution in [0, 0.1) is 10.1 Å². The summed E-state index contributed by atoms with van der Waals surface area (Å²) in [6.07, 6.45) is -1.52. The zero-order valence-corrected chi connectivity index (χ0v) is 12.8. The number of nitrogens with zero attached hydrogens (tertiary/aromatic N) is 1. The molecule has 0 radical (unpaired) electrons. The molecule has 1 aromatic heterocycles. The molecule has 9 heteroatoms. The number of fused-ring (bicyclic) bond motifs is 1. The summed E-state index contributed by atoms with van der Waals surface area (Å²) in [4.78, 5) is 44.2. The number of hydrogen-bond acceptors (Lipinski definition) is 8. The predicted octanol–water partition coefficient (Wildman–Crippen LogP) is 1.70. The van der Waals surface area contributed by atoms with Gasteiger partial charge in [-0.25, -0.2) is 4.79 Å². The first-order chi connectivity index (χ1) is 11.3. The van der Waals surface area contributed by atoms with Crippen LogP contribution in [0.4, 0.5) is 5.69 Å². The molecule has 0 amide bonds. The van der Waals surface area contributed by atoms with E-state index >= 15 is 0 Å². The van der Waals surface area contributed by atoms with Crippen molar-refractivity contribution in [2.75, 3.05) is 0 Å². The van der Waals surface area contributed by atoms with E-state index in [9.17, 15) is 24.5 Å². The average molecular weight is 335 g/mol. The van der Waals surface area contributed by atoms with Crippen LogP contribution in [-0.4, -0.2) is 23.2 Å². The van der Waals surface area contributed by atoms with E-state index in [1.807, 2.05) is 0 Å². The molecule has 0 fully saturated rings. The lowest BCUT2D eigenvalue weighted by Gasteiger charge is -2.16. The molecule has 0 unspecified atom stereocenters. The van der Waals surface area contributed by atoms with Crippen molar-refractivity contribution in [3.8, 4) is 0 Å². The Labute approximate surface area is 134 Å². The van der Waals surface area contributed by atoms with Crippen molar-refractivity contribution in [2.24, 2.45) is 0 Å². The number of carbonyl (C=O) groups excluding carboxylic acids is 2. The molecule has 0 saturated carbocycles. The normalized spacial score (nSPS) is 10.6. The largest absolute Gasteiger partial charge is 0.425 e. The first kappa shape index (κ1) is 17.1. The van der Waals surface area contributed by atoms with Crippen LogP contribution >= 0.6 is 0 Å². The number of nitro groups is 1. The van der Waals surface area contributed by atoms with Crippen molar-refractivity contribution in [1.29, 1.82) is 0 Å². The summed E-state index contributed by atoms with van der Waals surface area (Å²) >= 11 is 0. The maximum atomic E-state index is 11.4. The number of carbonyl (C=O) groups is 2. The predicted molar refractivity (Wildman–Crippen MR) is 80.2 cm³/mol. The Bertz CT molecular complexity index is 853. The Kier molecular flexibility index (Phi) is 4.93. The molecule has 0 atom stereocenters. The van der Waals surface area contributed by atoms with Gasteiger partial charge in [-0.05, 0) is 18.2 Å². The second-order valence-corrected chi connectivity index (χ2v) is 4.85. The van der Waals surface area contributed by atoms with E-state index in [-0.39, 0.29) is 28.6 Å². The number of rotatable bonds is 5. The monoisotopic (exact) mass is 335 g/mol. The summed E-state index contributed by atoms with van der Waals surface area (Å²) in [5.74, 6) is -1.40. The van der Waals surface area contributed by atoms with Crippen molar-refractivity contribution >= 4 is 28.6 Å². The Morgan fingerprint density at radius 1 is 1.17 bits per heavy atom. The molecule has 2 aromatic rings. The second kappa shape index (κ2) is 6.90. The zero-order valence-electron chi connectivity index (χ0n) is 12.8. The lowest BCUT2D eigenvalue weighted by Crippen LogP contribution is -2.25. The molecule has 0 aliphatic rings. The van der Waals surface area contributed by atoms with Crippen LogP contribution < -0.4 is 5.63 Å². The Balaban J connectivity index is 2.50. The van der Waals surface area contributed by atoms with Crippen LogP contribution in [0.5, 0.6) is 0 Å². The summed E-state index contributed by atoms with van der Waals surface area (Å²) in [6.45, 7) is 2.25. The van der Waals surface area contributed by atoms with Crippen molar-refractivity contribution in [3.05, 3.63) is 50.4 Å². The molecular weight excluding hydrogens is 322 g/mol. The maximum absolute atomic E-state index is 11.4. The number of ether oxygens (including phenoxy) is 2. The molecule has 0 spiro atoms. The second-order valence-electron chi connectivity index (χ2n) is 4.85. The lowest BCUT2D eigenvalue weighted by atomic mass is 10.1. The van der Waals surface area contributed by atoms with Crippen LogP contribution in [0.25, 0.3) is 11.0 Å². The smallest absolute Gasteiger partial charge is 0.336 e. The summed E-state index contributed by atoms with van der Waals surface area (Å²) in [6, 6.07) is 5.07. The number of hydrogen-bond donors (Lipinski definition) is 0. The summed E-state index contributed by atoms with van der Waals surface area (Å²) in [5.41, 5.74) is -0.744. The topological polar surface area (TPSA) is 126 Å². The molecule has 0 N–H and O–H groups in total. The van der Waals surface area contributed by atoms with E-state index in [2.05, 4.69) is 0 Å². The van der Waals surface area contributed by atoms with E-state index in [0.29, 0.717) is 0 Å². The third kappa shape index (κ3) is 3.94. The van der Waals surface area contributed by atoms with Gasteiger partial charge in [-0.2, -0.15) is 0 Å².